The number of hydrogen-bond acceptors (Lipinski definition) is 8. The maximum absolute atomic E-state index is 5.37. The van der Waals surface area contributed by atoms with Crippen molar-refractivity contribution < 1.29 is 0 Å². The summed E-state index contributed by atoms with van der Waals surface area (Å²) in [6.45, 7) is 0. The number of nitrogens with two attached hydrogens (primary N) is 8. The summed E-state index contributed by atoms with van der Waals surface area (Å²) in [6, 6.07) is 15.3. The molecule has 0 unspecified atom stereocenters. The van der Waals surface area contributed by atoms with Crippen LogP contribution in [0.3, 0.4) is 0 Å². The Balaban J connectivity index is 2.14. The Morgan fingerprint density at radius 1 is 0.447 bits per heavy atom. The lowest BCUT2D eigenvalue weighted by molar-refractivity contribution is 0.960. The maximum Gasteiger partial charge on any atom is 0.211 e. The van der Waals surface area contributed by atoms with Gasteiger partial charge in [-0.3, -0.25) is 0 Å². The predicted octanol–water partition coefficient (Wildman–Crippen LogP) is -2.05. The van der Waals surface area contributed by atoms with Crippen LogP contribution >= 0.6 is 0 Å². The molecular formula is C22H30N16. The zero-order chi connectivity index (χ0) is 27.9. The first kappa shape index (κ1) is 28.4. The Kier molecular flexibility index (Phi) is 10.9. The largest absolute Gasteiger partial charge is 0.369 e. The lowest BCUT2D eigenvalue weighted by Crippen LogP contribution is -2.22. The summed E-state index contributed by atoms with van der Waals surface area (Å²) in [4.78, 5) is 0. The standard InChI is InChI=1S/C22H30N16/c23-19(24)35-31-11-17(33-37-21(27)28)15-7-3-13(4-8-15)1-2-14-5-9-16(10-6-14)18(34-38-22(29)30)12-32-36-20(25)26/h3-12H,1-2H2,(H4,23,24,35)(H4,25,26,36)(H4,27,28,37)(H4,29,30,38). The van der Waals surface area contributed by atoms with E-state index in [4.69, 9.17) is 45.9 Å². The van der Waals surface area contributed by atoms with Crippen LogP contribution in [0, 0.1) is 0 Å². The Labute approximate surface area is 218 Å². The molecule has 0 aromatic heterocycles. The molecule has 2 rings (SSSR count). The molecular weight excluding hydrogens is 488 g/mol. The van der Waals surface area contributed by atoms with Crippen molar-refractivity contribution >= 4 is 47.7 Å². The third-order valence-electron chi connectivity index (χ3n) is 4.45. The highest BCUT2D eigenvalue weighted by atomic mass is 15.3. The van der Waals surface area contributed by atoms with Gasteiger partial charge in [-0.15, -0.1) is 30.6 Å². The second-order valence-corrected chi connectivity index (χ2v) is 7.45. The second kappa shape index (κ2) is 14.6. The number of rotatable bonds is 11. The number of hydrogen-bond donors (Lipinski definition) is 8. The molecule has 38 heavy (non-hydrogen) atoms. The Bertz CT molecular complexity index is 1190. The summed E-state index contributed by atoms with van der Waals surface area (Å²) in [5.41, 5.74) is 47.0. The maximum atomic E-state index is 5.37. The molecule has 0 aliphatic rings. The smallest absolute Gasteiger partial charge is 0.211 e. The van der Waals surface area contributed by atoms with Crippen molar-refractivity contribution in [3.63, 3.8) is 0 Å². The van der Waals surface area contributed by atoms with E-state index in [2.05, 4.69) is 40.8 Å². The average molecular weight is 519 g/mol. The first-order valence-corrected chi connectivity index (χ1v) is 10.9. The molecule has 0 saturated heterocycles. The fourth-order valence-corrected chi connectivity index (χ4v) is 2.81. The van der Waals surface area contributed by atoms with E-state index in [1.807, 2.05) is 48.5 Å². The molecule has 0 aliphatic carbocycles. The van der Waals surface area contributed by atoms with Gasteiger partial charge in [-0.2, -0.15) is 10.2 Å². The topological polar surface area (TPSA) is 307 Å². The van der Waals surface area contributed by atoms with Gasteiger partial charge in [0.1, 0.15) is 11.4 Å². The van der Waals surface area contributed by atoms with E-state index in [-0.39, 0.29) is 23.8 Å². The number of guanidine groups is 4. The van der Waals surface area contributed by atoms with Crippen molar-refractivity contribution in [2.45, 2.75) is 12.8 Å². The number of nitrogens with zero attached hydrogens (tertiary/aromatic N) is 8. The van der Waals surface area contributed by atoms with E-state index in [9.17, 15) is 0 Å². The van der Waals surface area contributed by atoms with Crippen molar-refractivity contribution in [1.29, 1.82) is 0 Å². The lowest BCUT2D eigenvalue weighted by atomic mass is 10.0. The van der Waals surface area contributed by atoms with Crippen LogP contribution in [0.25, 0.3) is 0 Å². The molecule has 16 N–H and O–H groups in total. The molecule has 16 heteroatoms. The molecule has 0 fully saturated rings. The van der Waals surface area contributed by atoms with Crippen LogP contribution in [-0.2, 0) is 12.8 Å². The minimum atomic E-state index is -0.198. The molecule has 198 valence electrons. The quantitative estimate of drug-likeness (QED) is 0.0926. The van der Waals surface area contributed by atoms with Crippen molar-refractivity contribution in [3.05, 3.63) is 70.8 Å². The fraction of sp³-hybridized carbons (Fsp3) is 0.0909. The van der Waals surface area contributed by atoms with Crippen LogP contribution in [0.1, 0.15) is 22.3 Å². The summed E-state index contributed by atoms with van der Waals surface area (Å²) < 4.78 is 0. The van der Waals surface area contributed by atoms with Gasteiger partial charge in [-0.05, 0) is 24.0 Å². The third kappa shape index (κ3) is 10.6. The Morgan fingerprint density at radius 3 is 1.05 bits per heavy atom. The SMILES string of the molecule is NC(N)=NN=CC(=NN=C(N)N)c1ccc(CCc2ccc(C(C=NN=C(N)N)=NN=C(N)N)cc2)cc1. The van der Waals surface area contributed by atoms with Crippen LogP contribution in [0.2, 0.25) is 0 Å². The van der Waals surface area contributed by atoms with Crippen LogP contribution in [0.15, 0.2) is 89.3 Å². The first-order chi connectivity index (χ1) is 18.1. The molecule has 16 nitrogen and oxygen atoms in total. The highest BCUT2D eigenvalue weighted by Gasteiger charge is 2.05. The van der Waals surface area contributed by atoms with Crippen molar-refractivity contribution in [2.75, 3.05) is 0 Å². The molecule has 2 aromatic carbocycles. The van der Waals surface area contributed by atoms with Gasteiger partial charge in [-0.1, -0.05) is 48.5 Å². The summed E-state index contributed by atoms with van der Waals surface area (Å²) in [7, 11) is 0. The zero-order valence-electron chi connectivity index (χ0n) is 20.4. The van der Waals surface area contributed by atoms with Gasteiger partial charge in [0, 0.05) is 11.1 Å². The molecule has 0 bridgehead atoms. The third-order valence-corrected chi connectivity index (χ3v) is 4.45. The van der Waals surface area contributed by atoms with Crippen LogP contribution in [-0.4, -0.2) is 47.7 Å². The van der Waals surface area contributed by atoms with Gasteiger partial charge in [0.15, 0.2) is 0 Å². The van der Waals surface area contributed by atoms with E-state index in [1.54, 1.807) is 0 Å². The first-order valence-electron chi connectivity index (χ1n) is 10.9. The monoisotopic (exact) mass is 518 g/mol. The number of benzene rings is 2. The highest BCUT2D eigenvalue weighted by molar-refractivity contribution is 6.38. The Hall–Kier alpha value is -5.80. The van der Waals surface area contributed by atoms with E-state index in [0.717, 1.165) is 24.0 Å². The van der Waals surface area contributed by atoms with Crippen molar-refractivity contribution in [1.82, 2.24) is 0 Å². The molecule has 2 aromatic rings. The summed E-state index contributed by atoms with van der Waals surface area (Å²) in [6.07, 6.45) is 4.25. The minimum Gasteiger partial charge on any atom is -0.369 e. The van der Waals surface area contributed by atoms with Gasteiger partial charge in [0.2, 0.25) is 23.8 Å². The molecule has 0 aliphatic heterocycles. The predicted molar refractivity (Wildman–Crippen MR) is 154 cm³/mol. The fourth-order valence-electron chi connectivity index (χ4n) is 2.81. The van der Waals surface area contributed by atoms with E-state index >= 15 is 0 Å². The van der Waals surface area contributed by atoms with E-state index in [1.165, 1.54) is 12.4 Å². The minimum absolute atomic E-state index is 0.192. The average Bonchev–Trinajstić information content (AvgIpc) is 2.87. The summed E-state index contributed by atoms with van der Waals surface area (Å²) >= 11 is 0. The van der Waals surface area contributed by atoms with Gasteiger partial charge >= 0.3 is 0 Å². The molecule has 0 radical (unpaired) electrons. The van der Waals surface area contributed by atoms with Gasteiger partial charge in [0.25, 0.3) is 0 Å². The number of aryl methyl sites for hydroxylation is 2. The molecule has 0 saturated carbocycles. The van der Waals surface area contributed by atoms with Crippen molar-refractivity contribution in [3.8, 4) is 0 Å². The molecule has 0 atom stereocenters. The van der Waals surface area contributed by atoms with Gasteiger partial charge in [0.05, 0.1) is 12.4 Å². The zero-order valence-corrected chi connectivity index (χ0v) is 20.4. The van der Waals surface area contributed by atoms with Crippen LogP contribution in [0.5, 0.6) is 0 Å². The van der Waals surface area contributed by atoms with Gasteiger partial charge < -0.3 is 45.9 Å². The van der Waals surface area contributed by atoms with E-state index < -0.39 is 0 Å². The Morgan fingerprint density at radius 2 is 0.763 bits per heavy atom. The van der Waals surface area contributed by atoms with Crippen molar-refractivity contribution in [2.24, 2.45) is 86.7 Å². The van der Waals surface area contributed by atoms with E-state index in [0.29, 0.717) is 22.6 Å². The van der Waals surface area contributed by atoms with Crippen LogP contribution in [0.4, 0.5) is 0 Å². The molecule has 0 spiro atoms. The lowest BCUT2D eigenvalue weighted by Gasteiger charge is -2.06. The second-order valence-electron chi connectivity index (χ2n) is 7.45. The molecule has 0 amide bonds. The summed E-state index contributed by atoms with van der Waals surface area (Å²) in [5.74, 6) is -0.781. The molecule has 0 heterocycles. The summed E-state index contributed by atoms with van der Waals surface area (Å²) in [5, 5.41) is 29.9. The highest BCUT2D eigenvalue weighted by Crippen LogP contribution is 2.12. The van der Waals surface area contributed by atoms with Crippen LogP contribution < -0.4 is 45.9 Å². The normalized spacial score (nSPS) is 11.8. The van der Waals surface area contributed by atoms with Gasteiger partial charge in [-0.25, -0.2) is 0 Å².